The van der Waals surface area contributed by atoms with Gasteiger partial charge in [-0.2, -0.15) is 0 Å². The molecular weight excluding hydrogens is 358 g/mol. The highest BCUT2D eigenvalue weighted by molar-refractivity contribution is 5.98. The van der Waals surface area contributed by atoms with Crippen LogP contribution in [0.2, 0.25) is 0 Å². The maximum absolute atomic E-state index is 12.4. The number of nitro benzene ring substituents is 1. The smallest absolute Gasteiger partial charge is 0.269 e. The summed E-state index contributed by atoms with van der Waals surface area (Å²) in [5, 5.41) is 10.7. The van der Waals surface area contributed by atoms with Crippen LogP contribution in [0.15, 0.2) is 48.5 Å². The molecule has 0 bridgehead atoms. The van der Waals surface area contributed by atoms with Gasteiger partial charge in [0.15, 0.2) is 5.78 Å². The van der Waals surface area contributed by atoms with Gasteiger partial charge >= 0.3 is 0 Å². The molecule has 146 valence electrons. The van der Waals surface area contributed by atoms with Crippen LogP contribution in [0.4, 0.5) is 11.4 Å². The number of amides is 1. The molecule has 1 amide bonds. The molecule has 28 heavy (non-hydrogen) atoms. The van der Waals surface area contributed by atoms with E-state index in [1.807, 2.05) is 19.1 Å². The summed E-state index contributed by atoms with van der Waals surface area (Å²) in [6.07, 6.45) is 0.425. The number of aryl methyl sites for hydroxylation is 1. The lowest BCUT2D eigenvalue weighted by Crippen LogP contribution is -2.48. The van der Waals surface area contributed by atoms with Crippen molar-refractivity contribution < 1.29 is 14.5 Å². The number of carbonyl (C=O) groups is 2. The van der Waals surface area contributed by atoms with Crippen molar-refractivity contribution in [1.82, 2.24) is 4.90 Å². The number of anilines is 1. The number of benzene rings is 2. The molecule has 2 aromatic rings. The van der Waals surface area contributed by atoms with Gasteiger partial charge in [0.1, 0.15) is 0 Å². The highest BCUT2D eigenvalue weighted by atomic mass is 16.6. The quantitative estimate of drug-likeness (QED) is 0.436. The third-order valence-corrected chi connectivity index (χ3v) is 5.00. The molecule has 1 aliphatic rings. The van der Waals surface area contributed by atoms with Gasteiger partial charge in [-0.1, -0.05) is 29.8 Å². The van der Waals surface area contributed by atoms with Crippen LogP contribution < -0.4 is 4.90 Å². The summed E-state index contributed by atoms with van der Waals surface area (Å²) >= 11 is 0. The van der Waals surface area contributed by atoms with Crippen molar-refractivity contribution in [3.05, 3.63) is 69.8 Å². The van der Waals surface area contributed by atoms with Crippen LogP contribution in [-0.2, 0) is 4.79 Å². The molecule has 3 rings (SSSR count). The SMILES string of the molecule is Cc1ccc(C(=O)CCC(=O)N2CCN(c3ccc([N+](=O)[O-])cc3)CC2)cc1. The Kier molecular flexibility index (Phi) is 6.03. The maximum Gasteiger partial charge on any atom is 0.269 e. The Hall–Kier alpha value is -3.22. The van der Waals surface area contributed by atoms with Crippen molar-refractivity contribution >= 4 is 23.1 Å². The fourth-order valence-corrected chi connectivity index (χ4v) is 3.26. The van der Waals surface area contributed by atoms with Crippen molar-refractivity contribution in [2.24, 2.45) is 0 Å². The number of carbonyl (C=O) groups excluding carboxylic acids is 2. The monoisotopic (exact) mass is 381 g/mol. The normalized spacial score (nSPS) is 14.0. The highest BCUT2D eigenvalue weighted by Crippen LogP contribution is 2.21. The van der Waals surface area contributed by atoms with Gasteiger partial charge in [0.25, 0.3) is 5.69 Å². The van der Waals surface area contributed by atoms with Gasteiger partial charge in [-0.25, -0.2) is 0 Å². The Labute approximate surface area is 163 Å². The van der Waals surface area contributed by atoms with E-state index in [4.69, 9.17) is 0 Å². The van der Waals surface area contributed by atoms with Crippen molar-refractivity contribution in [3.8, 4) is 0 Å². The van der Waals surface area contributed by atoms with E-state index in [1.54, 1.807) is 29.2 Å². The van der Waals surface area contributed by atoms with Gasteiger partial charge in [-0.05, 0) is 19.1 Å². The summed E-state index contributed by atoms with van der Waals surface area (Å²) in [7, 11) is 0. The molecule has 2 aromatic carbocycles. The number of rotatable bonds is 6. The first kappa shape index (κ1) is 19.5. The van der Waals surface area contributed by atoms with E-state index in [9.17, 15) is 19.7 Å². The zero-order valence-electron chi connectivity index (χ0n) is 15.8. The zero-order valence-corrected chi connectivity index (χ0v) is 15.8. The first-order chi connectivity index (χ1) is 13.4. The average molecular weight is 381 g/mol. The zero-order chi connectivity index (χ0) is 20.1. The Morgan fingerprint density at radius 3 is 2.11 bits per heavy atom. The Bertz CT molecular complexity index is 854. The molecule has 0 aliphatic carbocycles. The van der Waals surface area contributed by atoms with Crippen molar-refractivity contribution in [1.29, 1.82) is 0 Å². The number of hydrogen-bond acceptors (Lipinski definition) is 5. The van der Waals surface area contributed by atoms with E-state index < -0.39 is 4.92 Å². The molecule has 0 spiro atoms. The molecule has 1 aliphatic heterocycles. The summed E-state index contributed by atoms with van der Waals surface area (Å²) in [4.78, 5) is 38.9. The first-order valence-electron chi connectivity index (χ1n) is 9.31. The lowest BCUT2D eigenvalue weighted by Gasteiger charge is -2.36. The lowest BCUT2D eigenvalue weighted by atomic mass is 10.0. The van der Waals surface area contributed by atoms with Gasteiger partial charge in [0, 0.05) is 62.4 Å². The van der Waals surface area contributed by atoms with Crippen LogP contribution in [0.1, 0.15) is 28.8 Å². The summed E-state index contributed by atoms with van der Waals surface area (Å²) in [6, 6.07) is 13.8. The molecule has 7 heteroatoms. The van der Waals surface area contributed by atoms with Crippen LogP contribution in [0.5, 0.6) is 0 Å². The van der Waals surface area contributed by atoms with Crippen LogP contribution in [0.3, 0.4) is 0 Å². The Morgan fingerprint density at radius 1 is 0.929 bits per heavy atom. The number of hydrogen-bond donors (Lipinski definition) is 0. The van der Waals surface area contributed by atoms with E-state index in [0.29, 0.717) is 31.7 Å². The largest absolute Gasteiger partial charge is 0.368 e. The summed E-state index contributed by atoms with van der Waals surface area (Å²) in [6.45, 7) is 4.45. The molecular formula is C21H23N3O4. The lowest BCUT2D eigenvalue weighted by molar-refractivity contribution is -0.384. The van der Waals surface area contributed by atoms with Crippen LogP contribution in [0.25, 0.3) is 0 Å². The standard InChI is InChI=1S/C21H23N3O4/c1-16-2-4-17(5-3-16)20(25)10-11-21(26)23-14-12-22(13-15-23)18-6-8-19(9-7-18)24(27)28/h2-9H,10-15H2,1H3. The average Bonchev–Trinajstić information content (AvgIpc) is 2.72. The molecule has 1 saturated heterocycles. The van der Waals surface area contributed by atoms with Crippen LogP contribution in [-0.4, -0.2) is 47.7 Å². The summed E-state index contributed by atoms with van der Waals surface area (Å²) in [5.74, 6) is -0.0262. The third-order valence-electron chi connectivity index (χ3n) is 5.00. The van der Waals surface area contributed by atoms with Gasteiger partial charge < -0.3 is 9.80 Å². The molecule has 0 saturated carbocycles. The molecule has 1 heterocycles. The molecule has 0 unspecified atom stereocenters. The topological polar surface area (TPSA) is 83.8 Å². The van der Waals surface area contributed by atoms with Crippen molar-refractivity contribution in [2.45, 2.75) is 19.8 Å². The molecule has 0 radical (unpaired) electrons. The van der Waals surface area contributed by atoms with Gasteiger partial charge in [-0.15, -0.1) is 0 Å². The minimum atomic E-state index is -0.418. The van der Waals surface area contributed by atoms with Crippen molar-refractivity contribution in [3.63, 3.8) is 0 Å². The Morgan fingerprint density at radius 2 is 1.54 bits per heavy atom. The van der Waals surface area contributed by atoms with E-state index in [0.717, 1.165) is 11.3 Å². The fraction of sp³-hybridized carbons (Fsp3) is 0.333. The van der Waals surface area contributed by atoms with Gasteiger partial charge in [0.05, 0.1) is 4.92 Å². The van der Waals surface area contributed by atoms with E-state index in [2.05, 4.69) is 4.90 Å². The second-order valence-corrected chi connectivity index (χ2v) is 6.93. The van der Waals surface area contributed by atoms with Gasteiger partial charge in [-0.3, -0.25) is 19.7 Å². The highest BCUT2D eigenvalue weighted by Gasteiger charge is 2.22. The molecule has 0 aromatic heterocycles. The number of non-ortho nitro benzene ring substituents is 1. The van der Waals surface area contributed by atoms with Crippen LogP contribution >= 0.6 is 0 Å². The third kappa shape index (κ3) is 4.73. The second-order valence-electron chi connectivity index (χ2n) is 6.93. The second kappa shape index (κ2) is 8.65. The number of ketones is 1. The summed E-state index contributed by atoms with van der Waals surface area (Å²) in [5.41, 5.74) is 2.71. The fourth-order valence-electron chi connectivity index (χ4n) is 3.26. The Balaban J connectivity index is 1.47. The van der Waals surface area contributed by atoms with E-state index in [1.165, 1.54) is 12.1 Å². The minimum Gasteiger partial charge on any atom is -0.368 e. The molecule has 7 nitrogen and oxygen atoms in total. The van der Waals surface area contributed by atoms with Gasteiger partial charge in [0.2, 0.25) is 5.91 Å². The number of nitro groups is 1. The van der Waals surface area contributed by atoms with Crippen LogP contribution in [0, 0.1) is 17.0 Å². The number of nitrogens with zero attached hydrogens (tertiary/aromatic N) is 3. The van der Waals surface area contributed by atoms with Crippen molar-refractivity contribution in [2.75, 3.05) is 31.1 Å². The first-order valence-corrected chi connectivity index (χ1v) is 9.31. The predicted molar refractivity (Wildman–Crippen MR) is 107 cm³/mol. The molecule has 0 N–H and O–H groups in total. The minimum absolute atomic E-state index is 0.0104. The molecule has 0 atom stereocenters. The summed E-state index contributed by atoms with van der Waals surface area (Å²) < 4.78 is 0. The predicted octanol–water partition coefficient (Wildman–Crippen LogP) is 3.21. The van der Waals surface area contributed by atoms with E-state index >= 15 is 0 Å². The molecule has 1 fully saturated rings. The van der Waals surface area contributed by atoms with E-state index in [-0.39, 0.29) is 30.2 Å². The number of piperazine rings is 1. The number of Topliss-reactive ketones (excluding diaryl/α,β-unsaturated/α-hetero) is 1. The maximum atomic E-state index is 12.4.